The molecule has 0 fully saturated rings. The number of rotatable bonds is 3. The summed E-state index contributed by atoms with van der Waals surface area (Å²) < 4.78 is 40.0. The molecule has 4 nitrogen and oxygen atoms in total. The zero-order valence-corrected chi connectivity index (χ0v) is 12.5. The highest BCUT2D eigenvalue weighted by atomic mass is 35.5. The van der Waals surface area contributed by atoms with Gasteiger partial charge < -0.3 is 0 Å². The molecule has 108 valence electrons. The average molecular weight is 325 g/mol. The van der Waals surface area contributed by atoms with Gasteiger partial charge in [0, 0.05) is 0 Å². The molecule has 0 aliphatic carbocycles. The number of sulfonamides is 1. The van der Waals surface area contributed by atoms with Gasteiger partial charge in [-0.05, 0) is 48.9 Å². The van der Waals surface area contributed by atoms with E-state index in [1.807, 2.05) is 6.07 Å². The molecule has 0 aromatic heterocycles. The maximum absolute atomic E-state index is 13.3. The Balaban J connectivity index is 2.36. The molecule has 7 heteroatoms. The van der Waals surface area contributed by atoms with Crippen LogP contribution in [0.3, 0.4) is 0 Å². The van der Waals surface area contributed by atoms with Crippen molar-refractivity contribution in [3.63, 3.8) is 0 Å². The van der Waals surface area contributed by atoms with Gasteiger partial charge in [-0.3, -0.25) is 4.72 Å². The molecule has 0 bridgehead atoms. The number of aryl methyl sites for hydroxylation is 1. The third-order valence-electron chi connectivity index (χ3n) is 2.80. The summed E-state index contributed by atoms with van der Waals surface area (Å²) in [6, 6.07) is 9.70. The standard InChI is InChI=1S/C14H10ClFN2O2S/c1-9-6-12(4-2-10(9)8-17)21(19,20)18-11-3-5-13(15)14(16)7-11/h2-7,18H,1H3. The molecule has 0 spiro atoms. The average Bonchev–Trinajstić information content (AvgIpc) is 2.42. The first-order valence-corrected chi connectivity index (χ1v) is 7.68. The number of halogens is 2. The van der Waals surface area contributed by atoms with Crippen LogP contribution in [0.2, 0.25) is 5.02 Å². The quantitative estimate of drug-likeness (QED) is 0.940. The van der Waals surface area contributed by atoms with Crippen molar-refractivity contribution in [3.8, 4) is 6.07 Å². The number of benzene rings is 2. The second-order valence-corrected chi connectivity index (χ2v) is 6.41. The molecular formula is C14H10ClFN2O2S. The van der Waals surface area contributed by atoms with E-state index in [9.17, 15) is 12.8 Å². The fourth-order valence-corrected chi connectivity index (χ4v) is 2.95. The first kappa shape index (κ1) is 15.3. The third-order valence-corrected chi connectivity index (χ3v) is 4.49. The number of anilines is 1. The van der Waals surface area contributed by atoms with E-state index in [-0.39, 0.29) is 15.6 Å². The Labute approximate surface area is 126 Å². The highest BCUT2D eigenvalue weighted by Crippen LogP contribution is 2.22. The first-order valence-electron chi connectivity index (χ1n) is 5.82. The van der Waals surface area contributed by atoms with E-state index in [0.717, 1.165) is 6.07 Å². The van der Waals surface area contributed by atoms with Crippen LogP contribution in [0.15, 0.2) is 41.3 Å². The van der Waals surface area contributed by atoms with Crippen LogP contribution < -0.4 is 4.72 Å². The topological polar surface area (TPSA) is 70.0 Å². The molecule has 21 heavy (non-hydrogen) atoms. The van der Waals surface area contributed by atoms with Gasteiger partial charge in [0.05, 0.1) is 27.2 Å². The van der Waals surface area contributed by atoms with Crippen LogP contribution in [0.1, 0.15) is 11.1 Å². The minimum atomic E-state index is -3.86. The summed E-state index contributed by atoms with van der Waals surface area (Å²) in [7, 11) is -3.86. The molecule has 0 radical (unpaired) electrons. The van der Waals surface area contributed by atoms with Crippen molar-refractivity contribution in [2.45, 2.75) is 11.8 Å². The highest BCUT2D eigenvalue weighted by Gasteiger charge is 2.16. The molecule has 2 aromatic rings. The lowest BCUT2D eigenvalue weighted by Crippen LogP contribution is -2.13. The van der Waals surface area contributed by atoms with E-state index in [1.54, 1.807) is 6.92 Å². The number of hydrogen-bond donors (Lipinski definition) is 1. The summed E-state index contributed by atoms with van der Waals surface area (Å²) in [6.45, 7) is 1.64. The van der Waals surface area contributed by atoms with Crippen LogP contribution in [-0.4, -0.2) is 8.42 Å². The highest BCUT2D eigenvalue weighted by molar-refractivity contribution is 7.92. The molecule has 1 N–H and O–H groups in total. The lowest BCUT2D eigenvalue weighted by molar-refractivity contribution is 0.601. The van der Waals surface area contributed by atoms with Crippen LogP contribution in [0.4, 0.5) is 10.1 Å². The van der Waals surface area contributed by atoms with Crippen LogP contribution in [-0.2, 0) is 10.0 Å². The van der Waals surface area contributed by atoms with Crippen LogP contribution in [0.25, 0.3) is 0 Å². The Morgan fingerprint density at radius 2 is 1.95 bits per heavy atom. The van der Waals surface area contributed by atoms with Crippen LogP contribution >= 0.6 is 11.6 Å². The van der Waals surface area contributed by atoms with Gasteiger partial charge in [-0.15, -0.1) is 0 Å². The summed E-state index contributed by atoms with van der Waals surface area (Å²) >= 11 is 5.54. The van der Waals surface area contributed by atoms with Gasteiger partial charge in [0.25, 0.3) is 10.0 Å². The summed E-state index contributed by atoms with van der Waals surface area (Å²) in [4.78, 5) is -0.00522. The van der Waals surface area contributed by atoms with Gasteiger partial charge in [0.2, 0.25) is 0 Å². The molecule has 0 heterocycles. The molecule has 0 amide bonds. The second-order valence-electron chi connectivity index (χ2n) is 4.32. The summed E-state index contributed by atoms with van der Waals surface area (Å²) in [5.74, 6) is -0.715. The third kappa shape index (κ3) is 3.32. The number of nitriles is 1. The van der Waals surface area contributed by atoms with Crippen molar-refractivity contribution in [2.75, 3.05) is 4.72 Å². The molecular weight excluding hydrogens is 315 g/mol. The van der Waals surface area contributed by atoms with E-state index in [2.05, 4.69) is 4.72 Å². The smallest absolute Gasteiger partial charge is 0.261 e. The van der Waals surface area contributed by atoms with E-state index in [0.29, 0.717) is 11.1 Å². The SMILES string of the molecule is Cc1cc(S(=O)(=O)Nc2ccc(Cl)c(F)c2)ccc1C#N. The summed E-state index contributed by atoms with van der Waals surface area (Å²) in [6.07, 6.45) is 0. The van der Waals surface area contributed by atoms with Crippen molar-refractivity contribution in [2.24, 2.45) is 0 Å². The molecule has 0 aliphatic heterocycles. The van der Waals surface area contributed by atoms with Gasteiger partial charge in [0.15, 0.2) is 0 Å². The Morgan fingerprint density at radius 1 is 1.24 bits per heavy atom. The van der Waals surface area contributed by atoms with Gasteiger partial charge in [0.1, 0.15) is 5.82 Å². The largest absolute Gasteiger partial charge is 0.280 e. The zero-order chi connectivity index (χ0) is 15.6. The van der Waals surface area contributed by atoms with Gasteiger partial charge >= 0.3 is 0 Å². The monoisotopic (exact) mass is 324 g/mol. The predicted molar refractivity (Wildman–Crippen MR) is 78.1 cm³/mol. The molecule has 0 saturated carbocycles. The first-order chi connectivity index (χ1) is 9.83. The number of hydrogen-bond acceptors (Lipinski definition) is 3. The molecule has 0 atom stereocenters. The maximum atomic E-state index is 13.3. The van der Waals surface area contributed by atoms with Crippen molar-refractivity contribution in [1.29, 1.82) is 5.26 Å². The van der Waals surface area contributed by atoms with E-state index in [1.165, 1.54) is 30.3 Å². The lowest BCUT2D eigenvalue weighted by atomic mass is 10.1. The van der Waals surface area contributed by atoms with Crippen molar-refractivity contribution in [3.05, 3.63) is 58.4 Å². The van der Waals surface area contributed by atoms with Crippen molar-refractivity contribution < 1.29 is 12.8 Å². The molecule has 0 unspecified atom stereocenters. The molecule has 0 aliphatic rings. The van der Waals surface area contributed by atoms with E-state index in [4.69, 9.17) is 16.9 Å². The van der Waals surface area contributed by atoms with Crippen LogP contribution in [0.5, 0.6) is 0 Å². The second kappa shape index (κ2) is 5.72. The maximum Gasteiger partial charge on any atom is 0.261 e. The lowest BCUT2D eigenvalue weighted by Gasteiger charge is -2.09. The normalized spacial score (nSPS) is 11.0. The van der Waals surface area contributed by atoms with Crippen molar-refractivity contribution in [1.82, 2.24) is 0 Å². The Hall–Kier alpha value is -2.10. The van der Waals surface area contributed by atoms with E-state index >= 15 is 0 Å². The Bertz CT molecular complexity index is 845. The van der Waals surface area contributed by atoms with Crippen molar-refractivity contribution >= 4 is 27.3 Å². The minimum Gasteiger partial charge on any atom is -0.280 e. The summed E-state index contributed by atoms with van der Waals surface area (Å²) in [5.41, 5.74) is 1.01. The fourth-order valence-electron chi connectivity index (χ4n) is 1.70. The zero-order valence-electron chi connectivity index (χ0n) is 10.9. The predicted octanol–water partition coefficient (Wildman–Crippen LogP) is 3.46. The van der Waals surface area contributed by atoms with Crippen LogP contribution in [0, 0.1) is 24.1 Å². The Morgan fingerprint density at radius 3 is 2.52 bits per heavy atom. The molecule has 0 saturated heterocycles. The number of nitrogens with one attached hydrogen (secondary N) is 1. The molecule has 2 rings (SSSR count). The minimum absolute atomic E-state index is 0.00522. The molecule has 2 aromatic carbocycles. The number of nitrogens with zero attached hydrogens (tertiary/aromatic N) is 1. The van der Waals surface area contributed by atoms with E-state index < -0.39 is 15.8 Å². The van der Waals surface area contributed by atoms with Gasteiger partial charge in [-0.2, -0.15) is 5.26 Å². The van der Waals surface area contributed by atoms with Gasteiger partial charge in [-0.25, -0.2) is 12.8 Å². The summed E-state index contributed by atoms with van der Waals surface area (Å²) in [5, 5.41) is 8.74. The Kier molecular flexibility index (Phi) is 4.16. The van der Waals surface area contributed by atoms with Gasteiger partial charge in [-0.1, -0.05) is 11.6 Å². The fraction of sp³-hybridized carbons (Fsp3) is 0.0714.